The Balaban J connectivity index is 1.59. The number of carbonyl (C=O) groups is 3. The monoisotopic (exact) mass is 453 g/mol. The lowest BCUT2D eigenvalue weighted by Gasteiger charge is -2.28. The van der Waals surface area contributed by atoms with Crippen LogP contribution < -0.4 is 14.6 Å². The molecule has 2 atom stereocenters. The number of rotatable bonds is 8. The number of H-pyrrole nitrogens is 1. The van der Waals surface area contributed by atoms with Crippen LogP contribution in [0.4, 0.5) is 0 Å². The first-order valence-electron chi connectivity index (χ1n) is 11.4. The highest BCUT2D eigenvalue weighted by Crippen LogP contribution is 2.38. The second-order valence-corrected chi connectivity index (χ2v) is 8.64. The Kier molecular flexibility index (Phi) is 7.15. The van der Waals surface area contributed by atoms with Crippen molar-refractivity contribution in [3.05, 3.63) is 59.4 Å². The molecule has 2 N–H and O–H groups in total. The number of aromatic amines is 1. The molecule has 2 aliphatic rings. The number of amides is 1. The van der Waals surface area contributed by atoms with Gasteiger partial charge in [-0.05, 0) is 36.8 Å². The number of hydrogen-bond acceptors (Lipinski definition) is 5. The highest BCUT2D eigenvalue weighted by molar-refractivity contribution is 6.44. The Morgan fingerprint density at radius 2 is 2.03 bits per heavy atom. The molecule has 1 amide bonds. The van der Waals surface area contributed by atoms with Gasteiger partial charge in [-0.15, -0.1) is 0 Å². The average molecular weight is 454 g/mol. The van der Waals surface area contributed by atoms with E-state index in [1.165, 1.54) is 4.90 Å². The van der Waals surface area contributed by atoms with Gasteiger partial charge in [-0.2, -0.15) is 0 Å². The molecule has 1 aromatic carbocycles. The molecule has 0 saturated carbocycles. The summed E-state index contributed by atoms with van der Waals surface area (Å²) in [5.41, 5.74) is 1.96. The predicted molar refractivity (Wildman–Crippen MR) is 119 cm³/mol. The van der Waals surface area contributed by atoms with Crippen LogP contribution in [0.2, 0.25) is 0 Å². The largest absolute Gasteiger partial charge is 0.496 e. The fraction of sp³-hybridized carbons (Fsp3) is 0.440. The average Bonchev–Trinajstić information content (AvgIpc) is 3.10. The summed E-state index contributed by atoms with van der Waals surface area (Å²) in [6, 6.07) is 8.14. The van der Waals surface area contributed by atoms with Gasteiger partial charge in [-0.1, -0.05) is 0 Å². The van der Waals surface area contributed by atoms with E-state index in [0.29, 0.717) is 17.9 Å². The molecule has 174 valence electrons. The van der Waals surface area contributed by atoms with E-state index >= 15 is 0 Å². The van der Waals surface area contributed by atoms with Crippen molar-refractivity contribution in [3.8, 4) is 5.75 Å². The van der Waals surface area contributed by atoms with Crippen molar-refractivity contribution in [1.82, 2.24) is 4.90 Å². The van der Waals surface area contributed by atoms with Crippen molar-refractivity contribution in [3.63, 3.8) is 0 Å². The van der Waals surface area contributed by atoms with Crippen LogP contribution in [0.3, 0.4) is 0 Å². The molecule has 0 radical (unpaired) electrons. The third kappa shape index (κ3) is 4.82. The zero-order chi connectivity index (χ0) is 23.4. The van der Waals surface area contributed by atoms with Crippen LogP contribution in [0.5, 0.6) is 5.75 Å². The summed E-state index contributed by atoms with van der Waals surface area (Å²) in [4.78, 5) is 45.8. The second-order valence-electron chi connectivity index (χ2n) is 8.64. The van der Waals surface area contributed by atoms with Gasteiger partial charge in [0.05, 0.1) is 32.9 Å². The molecule has 8 heteroatoms. The highest BCUT2D eigenvalue weighted by atomic mass is 16.5. The molecule has 2 unspecified atom stereocenters. The molecule has 2 fully saturated rings. The van der Waals surface area contributed by atoms with Gasteiger partial charge < -0.3 is 19.3 Å². The number of nitrogens with one attached hydrogen (secondary N) is 2. The van der Waals surface area contributed by atoms with E-state index in [4.69, 9.17) is 9.47 Å². The van der Waals surface area contributed by atoms with Gasteiger partial charge >= 0.3 is 0 Å². The lowest BCUT2D eigenvalue weighted by Crippen LogP contribution is -3.14. The van der Waals surface area contributed by atoms with Crippen LogP contribution in [0.1, 0.15) is 33.9 Å². The summed E-state index contributed by atoms with van der Waals surface area (Å²) in [5, 5.41) is 0. The summed E-state index contributed by atoms with van der Waals surface area (Å²) in [5.74, 6) is -1.96. The van der Waals surface area contributed by atoms with Crippen LogP contribution in [-0.4, -0.2) is 68.9 Å². The van der Waals surface area contributed by atoms with Crippen LogP contribution in [0.25, 0.3) is 0 Å². The number of ether oxygens (including phenoxy) is 2. The number of carbonyl (C=O) groups excluding carboxylic acids is 3. The maximum absolute atomic E-state index is 13.5. The number of aryl methyl sites for hydroxylation is 1. The number of likely N-dealkylation sites (tertiary alicyclic amines) is 1. The number of ketones is 2. The van der Waals surface area contributed by atoms with Gasteiger partial charge in [0.25, 0.3) is 5.91 Å². The van der Waals surface area contributed by atoms with Crippen molar-refractivity contribution in [2.45, 2.75) is 19.4 Å². The Bertz CT molecular complexity index is 1020. The number of hydrogen-bond donors (Lipinski definition) is 1. The zero-order valence-electron chi connectivity index (χ0n) is 19.1. The summed E-state index contributed by atoms with van der Waals surface area (Å²) in [6.07, 6.45) is 4.28. The van der Waals surface area contributed by atoms with E-state index in [1.54, 1.807) is 42.6 Å². The van der Waals surface area contributed by atoms with E-state index in [1.807, 2.05) is 19.1 Å². The van der Waals surface area contributed by atoms with E-state index < -0.39 is 23.7 Å². The summed E-state index contributed by atoms with van der Waals surface area (Å²) >= 11 is 0. The van der Waals surface area contributed by atoms with E-state index in [-0.39, 0.29) is 5.78 Å². The first kappa shape index (κ1) is 23.1. The minimum atomic E-state index is -1.07. The second kappa shape index (κ2) is 10.2. The van der Waals surface area contributed by atoms with Crippen molar-refractivity contribution in [1.29, 1.82) is 0 Å². The standard InChI is InChI=1S/C25H29N3O5/c1-17-15-18(6-7-20(17)32-2)23(29)21-22(19-5-3-8-26-16-19)28(25(31)24(21)30)10-4-9-27-11-13-33-14-12-27/h3,5-8,15-16,21-22H,4,9-14H2,1-2H3/p+2. The molecule has 2 saturated heterocycles. The number of quaternary nitrogens is 1. The molecular formula is C25H31N3O5+2. The SMILES string of the molecule is COc1ccc(C(=O)C2C(=O)C(=O)N(CCC[NH+]3CCOCC3)C2c2ccc[nH+]c2)cc1C. The molecule has 0 spiro atoms. The Hall–Kier alpha value is -3.10. The third-order valence-corrected chi connectivity index (χ3v) is 6.57. The number of methoxy groups -OCH3 is 1. The van der Waals surface area contributed by atoms with Crippen LogP contribution in [0, 0.1) is 12.8 Å². The number of nitrogens with zero attached hydrogens (tertiary/aromatic N) is 1. The van der Waals surface area contributed by atoms with Crippen molar-refractivity contribution in [2.24, 2.45) is 5.92 Å². The van der Waals surface area contributed by atoms with Gasteiger partial charge in [0.2, 0.25) is 5.78 Å². The molecule has 4 rings (SSSR count). The normalized spacial score (nSPS) is 21.5. The molecule has 2 aromatic rings. The maximum Gasteiger partial charge on any atom is 0.291 e. The van der Waals surface area contributed by atoms with Crippen molar-refractivity contribution >= 4 is 17.5 Å². The summed E-state index contributed by atoms with van der Waals surface area (Å²) in [7, 11) is 1.57. The minimum Gasteiger partial charge on any atom is -0.496 e. The van der Waals surface area contributed by atoms with Gasteiger partial charge in [0.1, 0.15) is 24.8 Å². The highest BCUT2D eigenvalue weighted by Gasteiger charge is 2.52. The molecule has 8 nitrogen and oxygen atoms in total. The smallest absolute Gasteiger partial charge is 0.291 e. The maximum atomic E-state index is 13.5. The van der Waals surface area contributed by atoms with Crippen molar-refractivity contribution in [2.75, 3.05) is 46.5 Å². The number of aromatic nitrogens is 1. The number of Topliss-reactive ketones (excluding diaryl/α,β-unsaturated/α-hetero) is 2. The van der Waals surface area contributed by atoms with Crippen LogP contribution in [0.15, 0.2) is 42.7 Å². The lowest BCUT2D eigenvalue weighted by atomic mass is 9.86. The first-order chi connectivity index (χ1) is 16.0. The first-order valence-corrected chi connectivity index (χ1v) is 11.4. The van der Waals surface area contributed by atoms with Crippen molar-refractivity contribution < 1.29 is 33.7 Å². The molecule has 0 bridgehead atoms. The molecule has 0 aliphatic carbocycles. The Morgan fingerprint density at radius 1 is 1.24 bits per heavy atom. The molecule has 3 heterocycles. The molecular weight excluding hydrogens is 422 g/mol. The summed E-state index contributed by atoms with van der Waals surface area (Å²) < 4.78 is 10.7. The third-order valence-electron chi connectivity index (χ3n) is 6.57. The molecule has 1 aromatic heterocycles. The minimum absolute atomic E-state index is 0.339. The molecule has 2 aliphatic heterocycles. The fourth-order valence-corrected chi connectivity index (χ4v) is 4.81. The van der Waals surface area contributed by atoms with E-state index in [9.17, 15) is 14.4 Å². The van der Waals surface area contributed by atoms with Crippen LogP contribution in [-0.2, 0) is 14.3 Å². The Labute approximate surface area is 193 Å². The van der Waals surface area contributed by atoms with Gasteiger partial charge in [0, 0.05) is 30.2 Å². The zero-order valence-corrected chi connectivity index (χ0v) is 19.1. The topological polar surface area (TPSA) is 91.5 Å². The lowest BCUT2D eigenvalue weighted by molar-refractivity contribution is -0.908. The number of morpholine rings is 1. The Morgan fingerprint density at radius 3 is 2.70 bits per heavy atom. The summed E-state index contributed by atoms with van der Waals surface area (Å²) in [6.45, 7) is 6.56. The predicted octanol–water partition coefficient (Wildman–Crippen LogP) is 0.0744. The van der Waals surface area contributed by atoms with E-state index in [0.717, 1.165) is 50.4 Å². The number of pyridine rings is 1. The van der Waals surface area contributed by atoms with Gasteiger partial charge in [-0.3, -0.25) is 14.4 Å². The van der Waals surface area contributed by atoms with E-state index in [2.05, 4.69) is 4.98 Å². The number of benzene rings is 1. The quantitative estimate of drug-likeness (QED) is 0.347. The van der Waals surface area contributed by atoms with Crippen LogP contribution >= 0.6 is 0 Å². The van der Waals surface area contributed by atoms with Gasteiger partial charge in [0.15, 0.2) is 18.2 Å². The van der Waals surface area contributed by atoms with Gasteiger partial charge in [-0.25, -0.2) is 4.98 Å². The fourth-order valence-electron chi connectivity index (χ4n) is 4.81. The molecule has 33 heavy (non-hydrogen) atoms.